The van der Waals surface area contributed by atoms with Crippen molar-refractivity contribution in [2.45, 2.75) is 13.3 Å². The molecule has 0 saturated carbocycles. The van der Waals surface area contributed by atoms with E-state index in [4.69, 9.17) is 17.3 Å². The molecular formula is C8H9ClN. The maximum atomic E-state index is 7.43. The Labute approximate surface area is 65.8 Å². The van der Waals surface area contributed by atoms with Crippen molar-refractivity contribution < 1.29 is 0 Å². The minimum atomic E-state index is 0.537. The van der Waals surface area contributed by atoms with Gasteiger partial charge in [0.15, 0.2) is 0 Å². The minimum Gasteiger partial charge on any atom is -0.301 e. The highest BCUT2D eigenvalue weighted by Crippen LogP contribution is 2.22. The Bertz CT molecular complexity index is 212. The lowest BCUT2D eigenvalue weighted by Crippen LogP contribution is -1.84. The lowest BCUT2D eigenvalue weighted by atomic mass is 10.1. The van der Waals surface area contributed by atoms with Gasteiger partial charge in [-0.25, -0.2) is 0 Å². The van der Waals surface area contributed by atoms with Crippen LogP contribution in [0.15, 0.2) is 18.2 Å². The molecule has 0 atom stereocenters. The van der Waals surface area contributed by atoms with Gasteiger partial charge in [-0.05, 0) is 24.1 Å². The summed E-state index contributed by atoms with van der Waals surface area (Å²) >= 11 is 5.81. The fourth-order valence-corrected chi connectivity index (χ4v) is 1.23. The van der Waals surface area contributed by atoms with Gasteiger partial charge in [0.25, 0.3) is 0 Å². The molecule has 0 aliphatic heterocycles. The van der Waals surface area contributed by atoms with Crippen LogP contribution in [0.3, 0.4) is 0 Å². The van der Waals surface area contributed by atoms with Crippen LogP contribution < -0.4 is 5.73 Å². The molecule has 10 heavy (non-hydrogen) atoms. The van der Waals surface area contributed by atoms with Gasteiger partial charge in [-0.3, -0.25) is 0 Å². The van der Waals surface area contributed by atoms with Gasteiger partial charge in [-0.2, -0.15) is 0 Å². The van der Waals surface area contributed by atoms with Crippen molar-refractivity contribution in [2.24, 2.45) is 0 Å². The van der Waals surface area contributed by atoms with Crippen LogP contribution in [-0.4, -0.2) is 0 Å². The Hall–Kier alpha value is -0.690. The molecule has 2 heteroatoms. The largest absolute Gasteiger partial charge is 0.301 e. The number of hydrogen-bond acceptors (Lipinski definition) is 0. The topological polar surface area (TPSA) is 23.8 Å². The van der Waals surface area contributed by atoms with Gasteiger partial charge in [-0.1, -0.05) is 24.6 Å². The molecule has 1 N–H and O–H groups in total. The molecule has 1 aromatic carbocycles. The molecule has 0 unspecified atom stereocenters. The predicted molar refractivity (Wildman–Crippen MR) is 43.6 cm³/mol. The molecule has 1 nitrogen and oxygen atoms in total. The molecule has 0 amide bonds. The summed E-state index contributed by atoms with van der Waals surface area (Å²) in [5.41, 5.74) is 8.90. The number of nitrogens with one attached hydrogen (secondary N) is 1. The third-order valence-electron chi connectivity index (χ3n) is 1.47. The highest BCUT2D eigenvalue weighted by atomic mass is 35.5. The maximum Gasteiger partial charge on any atom is 0.0586 e. The van der Waals surface area contributed by atoms with Crippen molar-refractivity contribution in [1.82, 2.24) is 5.73 Å². The second-order valence-electron chi connectivity index (χ2n) is 2.12. The molecule has 0 aromatic heterocycles. The summed E-state index contributed by atoms with van der Waals surface area (Å²) in [5.74, 6) is 0. The van der Waals surface area contributed by atoms with Crippen LogP contribution in [0.1, 0.15) is 12.5 Å². The van der Waals surface area contributed by atoms with Crippen LogP contribution in [0.4, 0.5) is 5.69 Å². The van der Waals surface area contributed by atoms with E-state index in [1.54, 1.807) is 12.1 Å². The molecule has 1 aromatic rings. The zero-order valence-corrected chi connectivity index (χ0v) is 6.57. The number of hydrogen-bond donors (Lipinski definition) is 0. The van der Waals surface area contributed by atoms with Crippen LogP contribution >= 0.6 is 11.6 Å². The molecule has 0 aliphatic carbocycles. The molecular weight excluding hydrogens is 146 g/mol. The van der Waals surface area contributed by atoms with Gasteiger partial charge >= 0.3 is 0 Å². The SMILES string of the molecule is CCc1c([NH])cccc1Cl. The average molecular weight is 155 g/mol. The zero-order valence-electron chi connectivity index (χ0n) is 5.82. The summed E-state index contributed by atoms with van der Waals surface area (Å²) in [6.45, 7) is 2.00. The van der Waals surface area contributed by atoms with Crippen molar-refractivity contribution in [3.05, 3.63) is 28.8 Å². The molecule has 53 valence electrons. The molecule has 1 radical (unpaired) electrons. The third kappa shape index (κ3) is 1.24. The van der Waals surface area contributed by atoms with Crippen molar-refractivity contribution in [3.63, 3.8) is 0 Å². The highest BCUT2D eigenvalue weighted by molar-refractivity contribution is 6.31. The van der Waals surface area contributed by atoms with Crippen molar-refractivity contribution in [3.8, 4) is 0 Å². The maximum absolute atomic E-state index is 7.43. The van der Waals surface area contributed by atoms with Crippen molar-refractivity contribution >= 4 is 17.3 Å². The lowest BCUT2D eigenvalue weighted by Gasteiger charge is -2.01. The molecule has 0 heterocycles. The fraction of sp³-hybridized carbons (Fsp3) is 0.250. The molecule has 0 spiro atoms. The van der Waals surface area contributed by atoms with Gasteiger partial charge in [0.2, 0.25) is 0 Å². The Morgan fingerprint density at radius 2 is 2.20 bits per heavy atom. The molecule has 0 fully saturated rings. The normalized spacial score (nSPS) is 9.80. The van der Waals surface area contributed by atoms with Crippen molar-refractivity contribution in [1.29, 1.82) is 0 Å². The van der Waals surface area contributed by atoms with Crippen LogP contribution in [0, 0.1) is 0 Å². The first-order valence-electron chi connectivity index (χ1n) is 3.24. The first kappa shape index (κ1) is 7.42. The van der Waals surface area contributed by atoms with Gasteiger partial charge in [0, 0.05) is 5.02 Å². The van der Waals surface area contributed by atoms with Gasteiger partial charge in [0.1, 0.15) is 0 Å². The summed E-state index contributed by atoms with van der Waals surface area (Å²) < 4.78 is 0. The van der Waals surface area contributed by atoms with E-state index in [9.17, 15) is 0 Å². The zero-order chi connectivity index (χ0) is 7.56. The summed E-state index contributed by atoms with van der Waals surface area (Å²) in [6.07, 6.45) is 0.832. The van der Waals surface area contributed by atoms with E-state index in [1.807, 2.05) is 13.0 Å². The van der Waals surface area contributed by atoms with Crippen LogP contribution in [0.2, 0.25) is 5.02 Å². The van der Waals surface area contributed by atoms with Gasteiger partial charge < -0.3 is 5.73 Å². The predicted octanol–water partition coefficient (Wildman–Crippen LogP) is 2.82. The number of benzene rings is 1. The van der Waals surface area contributed by atoms with E-state index in [0.717, 1.165) is 12.0 Å². The third-order valence-corrected chi connectivity index (χ3v) is 1.83. The van der Waals surface area contributed by atoms with E-state index in [2.05, 4.69) is 0 Å². The molecule has 0 saturated heterocycles. The van der Waals surface area contributed by atoms with Gasteiger partial charge in [-0.15, -0.1) is 0 Å². The van der Waals surface area contributed by atoms with E-state index < -0.39 is 0 Å². The Morgan fingerprint density at radius 1 is 1.50 bits per heavy atom. The van der Waals surface area contributed by atoms with Crippen LogP contribution in [0.25, 0.3) is 0 Å². The van der Waals surface area contributed by atoms with Crippen LogP contribution in [0.5, 0.6) is 0 Å². The minimum absolute atomic E-state index is 0.537. The molecule has 0 bridgehead atoms. The Kier molecular flexibility index (Phi) is 2.17. The molecule has 1 rings (SSSR count). The molecule has 0 aliphatic rings. The Morgan fingerprint density at radius 3 is 2.60 bits per heavy atom. The van der Waals surface area contributed by atoms with E-state index in [1.165, 1.54) is 0 Å². The Balaban J connectivity index is 3.17. The summed E-state index contributed by atoms with van der Waals surface area (Å²) in [6, 6.07) is 5.37. The lowest BCUT2D eigenvalue weighted by molar-refractivity contribution is 1.13. The average Bonchev–Trinajstić information content (AvgIpc) is 1.88. The fourth-order valence-electron chi connectivity index (χ4n) is 0.918. The van der Waals surface area contributed by atoms with E-state index in [0.29, 0.717) is 10.7 Å². The van der Waals surface area contributed by atoms with E-state index in [-0.39, 0.29) is 0 Å². The monoisotopic (exact) mass is 154 g/mol. The first-order valence-corrected chi connectivity index (χ1v) is 3.62. The quantitative estimate of drug-likeness (QED) is 0.594. The summed E-state index contributed by atoms with van der Waals surface area (Å²) in [7, 11) is 0. The first-order chi connectivity index (χ1) is 4.75. The summed E-state index contributed by atoms with van der Waals surface area (Å²) in [5, 5.41) is 0.704. The second kappa shape index (κ2) is 2.93. The van der Waals surface area contributed by atoms with Crippen LogP contribution in [-0.2, 0) is 6.42 Å². The number of halogens is 1. The van der Waals surface area contributed by atoms with Crippen molar-refractivity contribution in [2.75, 3.05) is 0 Å². The second-order valence-corrected chi connectivity index (χ2v) is 2.53. The van der Waals surface area contributed by atoms with E-state index >= 15 is 0 Å². The summed E-state index contributed by atoms with van der Waals surface area (Å²) in [4.78, 5) is 0. The number of rotatable bonds is 1. The van der Waals surface area contributed by atoms with Gasteiger partial charge in [0.05, 0.1) is 5.69 Å². The smallest absolute Gasteiger partial charge is 0.0586 e. The highest BCUT2D eigenvalue weighted by Gasteiger charge is 2.00. The standard InChI is InChI=1S/C8H9ClN/c1-2-6-7(9)4-3-5-8(6)10/h3-5,10H,2H2,1H3.